The Labute approximate surface area is 106 Å². The number of rotatable bonds is 4. The maximum Gasteiger partial charge on any atom is 0.117 e. The Morgan fingerprint density at radius 3 is 3.28 bits per heavy atom. The molecule has 3 N–H and O–H groups in total. The lowest BCUT2D eigenvalue weighted by Crippen LogP contribution is -2.42. The second kappa shape index (κ2) is 4.96. The highest BCUT2D eigenvalue weighted by Crippen LogP contribution is 2.11. The minimum atomic E-state index is 0.442. The summed E-state index contributed by atoms with van der Waals surface area (Å²) in [6.45, 7) is 4.54. The van der Waals surface area contributed by atoms with Crippen molar-refractivity contribution in [1.29, 1.82) is 0 Å². The van der Waals surface area contributed by atoms with Crippen molar-refractivity contribution in [2.45, 2.75) is 32.5 Å². The van der Waals surface area contributed by atoms with E-state index in [1.165, 1.54) is 11.4 Å². The number of hydrogen-bond acceptors (Lipinski definition) is 4. The van der Waals surface area contributed by atoms with Gasteiger partial charge in [-0.2, -0.15) is 0 Å². The maximum absolute atomic E-state index is 5.52. The number of furan rings is 1. The molecule has 0 radical (unpaired) electrons. The van der Waals surface area contributed by atoms with Gasteiger partial charge in [-0.25, -0.2) is 4.98 Å². The molecule has 0 saturated carbocycles. The van der Waals surface area contributed by atoms with E-state index in [1.807, 2.05) is 19.1 Å². The number of imidazole rings is 1. The minimum absolute atomic E-state index is 0.442. The van der Waals surface area contributed by atoms with Crippen LogP contribution in [0, 0.1) is 6.92 Å². The molecular formula is C13H18N4O. The third-order valence-electron chi connectivity index (χ3n) is 3.30. The first-order valence-electron chi connectivity index (χ1n) is 6.32. The smallest absolute Gasteiger partial charge is 0.117 e. The molecule has 3 heterocycles. The second-order valence-electron chi connectivity index (χ2n) is 4.75. The van der Waals surface area contributed by atoms with Gasteiger partial charge in [0.2, 0.25) is 0 Å². The number of aryl methyl sites for hydroxylation is 1. The minimum Gasteiger partial charge on any atom is -0.465 e. The van der Waals surface area contributed by atoms with Crippen LogP contribution in [0.1, 0.15) is 22.9 Å². The van der Waals surface area contributed by atoms with Gasteiger partial charge in [-0.05, 0) is 19.1 Å². The van der Waals surface area contributed by atoms with Crippen molar-refractivity contribution < 1.29 is 4.42 Å². The van der Waals surface area contributed by atoms with Crippen LogP contribution < -0.4 is 10.6 Å². The van der Waals surface area contributed by atoms with E-state index >= 15 is 0 Å². The van der Waals surface area contributed by atoms with Gasteiger partial charge in [-0.3, -0.25) is 0 Å². The maximum atomic E-state index is 5.52. The van der Waals surface area contributed by atoms with Crippen LogP contribution in [0.15, 0.2) is 22.9 Å². The topological polar surface area (TPSA) is 65.9 Å². The fourth-order valence-corrected chi connectivity index (χ4v) is 2.32. The largest absolute Gasteiger partial charge is 0.465 e. The Balaban J connectivity index is 1.47. The lowest BCUT2D eigenvalue weighted by molar-refractivity contribution is 0.415. The van der Waals surface area contributed by atoms with E-state index in [1.54, 1.807) is 6.33 Å². The van der Waals surface area contributed by atoms with Gasteiger partial charge in [-0.1, -0.05) is 0 Å². The summed E-state index contributed by atoms with van der Waals surface area (Å²) < 4.78 is 5.52. The predicted octanol–water partition coefficient (Wildman–Crippen LogP) is 1.12. The molecule has 0 fully saturated rings. The Hall–Kier alpha value is -1.59. The van der Waals surface area contributed by atoms with Crippen LogP contribution in [0.3, 0.4) is 0 Å². The molecule has 5 heteroatoms. The quantitative estimate of drug-likeness (QED) is 0.756. The molecule has 0 bridgehead atoms. The average Bonchev–Trinajstić information content (AvgIpc) is 2.97. The van der Waals surface area contributed by atoms with E-state index in [0.29, 0.717) is 6.04 Å². The van der Waals surface area contributed by atoms with Crippen LogP contribution in [0.25, 0.3) is 0 Å². The third-order valence-corrected chi connectivity index (χ3v) is 3.30. The van der Waals surface area contributed by atoms with Crippen LogP contribution in [0.5, 0.6) is 0 Å². The molecule has 0 aliphatic carbocycles. The van der Waals surface area contributed by atoms with Gasteiger partial charge >= 0.3 is 0 Å². The summed E-state index contributed by atoms with van der Waals surface area (Å²) in [7, 11) is 0. The van der Waals surface area contributed by atoms with Gasteiger partial charge in [0.15, 0.2) is 0 Å². The zero-order chi connectivity index (χ0) is 12.4. The van der Waals surface area contributed by atoms with Crippen molar-refractivity contribution in [2.75, 3.05) is 6.54 Å². The Morgan fingerprint density at radius 1 is 1.50 bits per heavy atom. The summed E-state index contributed by atoms with van der Waals surface area (Å²) in [4.78, 5) is 7.49. The van der Waals surface area contributed by atoms with Crippen molar-refractivity contribution in [2.24, 2.45) is 0 Å². The molecule has 0 spiro atoms. The predicted molar refractivity (Wildman–Crippen MR) is 68.1 cm³/mol. The molecule has 1 aliphatic rings. The number of nitrogens with one attached hydrogen (secondary N) is 3. The molecule has 2 aromatic heterocycles. The van der Waals surface area contributed by atoms with Crippen molar-refractivity contribution in [3.05, 3.63) is 41.4 Å². The van der Waals surface area contributed by atoms with E-state index in [2.05, 4.69) is 20.6 Å². The van der Waals surface area contributed by atoms with Gasteiger partial charge in [0, 0.05) is 25.6 Å². The van der Waals surface area contributed by atoms with Gasteiger partial charge in [-0.15, -0.1) is 0 Å². The zero-order valence-electron chi connectivity index (χ0n) is 10.5. The number of fused-ring (bicyclic) bond motifs is 1. The van der Waals surface area contributed by atoms with Gasteiger partial charge in [0.1, 0.15) is 11.5 Å². The fourth-order valence-electron chi connectivity index (χ4n) is 2.32. The van der Waals surface area contributed by atoms with Crippen LogP contribution >= 0.6 is 0 Å². The number of H-pyrrole nitrogens is 1. The standard InChI is InChI=1S/C13H18N4O/c1-9-2-3-11(18-9)6-14-5-10-4-12-13(7-15-10)17-8-16-12/h2-3,8,10,14-15H,4-7H2,1H3,(H,16,17). The van der Waals surface area contributed by atoms with E-state index in [9.17, 15) is 0 Å². The Morgan fingerprint density at radius 2 is 2.44 bits per heavy atom. The number of aromatic amines is 1. The molecule has 5 nitrogen and oxygen atoms in total. The highest BCUT2D eigenvalue weighted by atomic mass is 16.3. The van der Waals surface area contributed by atoms with E-state index in [-0.39, 0.29) is 0 Å². The van der Waals surface area contributed by atoms with Crippen molar-refractivity contribution in [3.8, 4) is 0 Å². The third kappa shape index (κ3) is 2.47. The van der Waals surface area contributed by atoms with E-state index in [4.69, 9.17) is 4.42 Å². The number of nitrogens with zero attached hydrogens (tertiary/aromatic N) is 1. The molecular weight excluding hydrogens is 228 g/mol. The average molecular weight is 246 g/mol. The van der Waals surface area contributed by atoms with Crippen molar-refractivity contribution >= 4 is 0 Å². The molecule has 1 atom stereocenters. The van der Waals surface area contributed by atoms with Gasteiger partial charge < -0.3 is 20.0 Å². The van der Waals surface area contributed by atoms with Crippen LogP contribution in [-0.2, 0) is 19.5 Å². The molecule has 96 valence electrons. The zero-order valence-corrected chi connectivity index (χ0v) is 10.5. The highest BCUT2D eigenvalue weighted by molar-refractivity contribution is 5.16. The SMILES string of the molecule is Cc1ccc(CNCC2Cc3nc[nH]c3CN2)o1. The number of hydrogen-bond donors (Lipinski definition) is 3. The monoisotopic (exact) mass is 246 g/mol. The summed E-state index contributed by atoms with van der Waals surface area (Å²) in [6, 6.07) is 4.45. The molecule has 0 amide bonds. The van der Waals surface area contributed by atoms with Crippen LogP contribution in [-0.4, -0.2) is 22.6 Å². The fraction of sp³-hybridized carbons (Fsp3) is 0.462. The van der Waals surface area contributed by atoms with Crippen molar-refractivity contribution in [3.63, 3.8) is 0 Å². The van der Waals surface area contributed by atoms with E-state index < -0.39 is 0 Å². The summed E-state index contributed by atoms with van der Waals surface area (Å²) >= 11 is 0. The number of aromatic nitrogens is 2. The van der Waals surface area contributed by atoms with Gasteiger partial charge in [0.05, 0.1) is 24.3 Å². The second-order valence-corrected chi connectivity index (χ2v) is 4.75. The normalized spacial score (nSPS) is 18.8. The Bertz CT molecular complexity index is 517. The van der Waals surface area contributed by atoms with E-state index in [0.717, 1.165) is 37.6 Å². The summed E-state index contributed by atoms with van der Waals surface area (Å²) in [6.07, 6.45) is 2.75. The van der Waals surface area contributed by atoms with Crippen molar-refractivity contribution in [1.82, 2.24) is 20.6 Å². The summed E-state index contributed by atoms with van der Waals surface area (Å²) in [5, 5.41) is 6.90. The first-order valence-corrected chi connectivity index (χ1v) is 6.32. The molecule has 0 saturated heterocycles. The summed E-state index contributed by atoms with van der Waals surface area (Å²) in [5.41, 5.74) is 2.40. The Kier molecular flexibility index (Phi) is 3.17. The molecule has 1 unspecified atom stereocenters. The molecule has 2 aromatic rings. The van der Waals surface area contributed by atoms with Crippen LogP contribution in [0.2, 0.25) is 0 Å². The summed E-state index contributed by atoms with van der Waals surface area (Å²) in [5.74, 6) is 1.95. The van der Waals surface area contributed by atoms with Crippen LogP contribution in [0.4, 0.5) is 0 Å². The molecule has 3 rings (SSSR count). The first-order chi connectivity index (χ1) is 8.81. The molecule has 18 heavy (non-hydrogen) atoms. The van der Waals surface area contributed by atoms with Gasteiger partial charge in [0.25, 0.3) is 0 Å². The molecule has 1 aliphatic heterocycles. The lowest BCUT2D eigenvalue weighted by atomic mass is 10.1. The molecule has 0 aromatic carbocycles. The lowest BCUT2D eigenvalue weighted by Gasteiger charge is -2.23. The first kappa shape index (κ1) is 11.5. The highest BCUT2D eigenvalue weighted by Gasteiger charge is 2.19.